The van der Waals surface area contributed by atoms with Crippen LogP contribution in [0.5, 0.6) is 0 Å². The molecular formula is C16H21NO2. The van der Waals surface area contributed by atoms with Gasteiger partial charge in [0.25, 0.3) is 0 Å². The van der Waals surface area contributed by atoms with Crippen LogP contribution in [0.15, 0.2) is 31.0 Å². The van der Waals surface area contributed by atoms with Gasteiger partial charge in [0.05, 0.1) is 12.1 Å². The van der Waals surface area contributed by atoms with Crippen LogP contribution >= 0.6 is 0 Å². The Labute approximate surface area is 114 Å². The van der Waals surface area contributed by atoms with Crippen LogP contribution in [-0.2, 0) is 11.3 Å². The van der Waals surface area contributed by atoms with E-state index in [1.165, 1.54) is 11.1 Å². The second-order valence-corrected chi connectivity index (χ2v) is 5.07. The van der Waals surface area contributed by atoms with E-state index in [1.54, 1.807) is 7.11 Å². The van der Waals surface area contributed by atoms with Gasteiger partial charge in [-0.1, -0.05) is 38.6 Å². The predicted octanol–water partition coefficient (Wildman–Crippen LogP) is 3.94. The molecule has 102 valence electrons. The topological polar surface area (TPSA) is 34.4 Å². The Bertz CT molecular complexity index is 596. The average molecular weight is 259 g/mol. The number of ether oxygens (including phenoxy) is 1. The number of methoxy groups -OCH3 is 1. The zero-order valence-electron chi connectivity index (χ0n) is 11.8. The van der Waals surface area contributed by atoms with Crippen LogP contribution in [0, 0.1) is 0 Å². The van der Waals surface area contributed by atoms with Crippen LogP contribution in [0.1, 0.15) is 30.9 Å². The van der Waals surface area contributed by atoms with Crippen molar-refractivity contribution in [2.24, 2.45) is 0 Å². The van der Waals surface area contributed by atoms with Crippen LogP contribution in [0.25, 0.3) is 16.7 Å². The highest BCUT2D eigenvalue weighted by Gasteiger charge is 2.15. The Kier molecular flexibility index (Phi) is 3.96. The Hall–Kier alpha value is -1.74. The molecular weight excluding hydrogens is 238 g/mol. The van der Waals surface area contributed by atoms with Crippen molar-refractivity contribution in [2.75, 3.05) is 13.7 Å². The lowest BCUT2D eigenvalue weighted by atomic mass is 9.99. The Balaban J connectivity index is 2.68. The minimum atomic E-state index is 0.113. The van der Waals surface area contributed by atoms with Gasteiger partial charge in [0.1, 0.15) is 5.76 Å². The molecule has 3 nitrogen and oxygen atoms in total. The van der Waals surface area contributed by atoms with Gasteiger partial charge in [-0.3, -0.25) is 0 Å². The van der Waals surface area contributed by atoms with E-state index in [9.17, 15) is 5.11 Å². The average Bonchev–Trinajstić information content (AvgIpc) is 2.75. The maximum atomic E-state index is 9.75. The molecule has 0 spiro atoms. The van der Waals surface area contributed by atoms with Gasteiger partial charge in [0.15, 0.2) is 0 Å². The number of aromatic nitrogens is 1. The molecule has 1 aromatic carbocycles. The lowest BCUT2D eigenvalue weighted by molar-refractivity contribution is 0.188. The van der Waals surface area contributed by atoms with Crippen molar-refractivity contribution in [1.82, 2.24) is 4.57 Å². The molecule has 0 aliphatic rings. The molecule has 1 N–H and O–H groups in total. The van der Waals surface area contributed by atoms with Gasteiger partial charge in [0, 0.05) is 30.8 Å². The first kappa shape index (κ1) is 13.7. The molecule has 2 aromatic rings. The first-order chi connectivity index (χ1) is 9.06. The molecule has 0 amide bonds. The van der Waals surface area contributed by atoms with Gasteiger partial charge in [-0.05, 0) is 11.5 Å². The van der Waals surface area contributed by atoms with E-state index in [0.29, 0.717) is 12.5 Å². The SMILES string of the molecule is C=C(O)c1cn(CCOC)c2c(C(C)C)cccc12. The van der Waals surface area contributed by atoms with E-state index in [0.717, 1.165) is 17.5 Å². The third-order valence-electron chi connectivity index (χ3n) is 3.40. The van der Waals surface area contributed by atoms with E-state index >= 15 is 0 Å². The number of fused-ring (bicyclic) bond motifs is 1. The molecule has 19 heavy (non-hydrogen) atoms. The lowest BCUT2D eigenvalue weighted by Gasteiger charge is -2.12. The molecule has 3 heteroatoms. The minimum absolute atomic E-state index is 0.113. The summed E-state index contributed by atoms with van der Waals surface area (Å²) in [5.74, 6) is 0.543. The number of hydrogen-bond acceptors (Lipinski definition) is 2. The second kappa shape index (κ2) is 5.49. The van der Waals surface area contributed by atoms with Gasteiger partial charge < -0.3 is 14.4 Å². The van der Waals surface area contributed by atoms with Crippen molar-refractivity contribution in [1.29, 1.82) is 0 Å². The summed E-state index contributed by atoms with van der Waals surface area (Å²) in [6, 6.07) is 6.20. The fraction of sp³-hybridized carbons (Fsp3) is 0.375. The van der Waals surface area contributed by atoms with Crippen molar-refractivity contribution in [3.8, 4) is 0 Å². The molecule has 0 aliphatic heterocycles. The van der Waals surface area contributed by atoms with Crippen LogP contribution in [0.3, 0.4) is 0 Å². The van der Waals surface area contributed by atoms with Crippen molar-refractivity contribution < 1.29 is 9.84 Å². The largest absolute Gasteiger partial charge is 0.508 e. The first-order valence-corrected chi connectivity index (χ1v) is 6.55. The van der Waals surface area contributed by atoms with Crippen molar-refractivity contribution in [3.05, 3.63) is 42.1 Å². The van der Waals surface area contributed by atoms with Gasteiger partial charge in [-0.25, -0.2) is 0 Å². The molecule has 2 rings (SSSR count). The minimum Gasteiger partial charge on any atom is -0.508 e. The number of rotatable bonds is 5. The third kappa shape index (κ3) is 2.51. The highest BCUT2D eigenvalue weighted by atomic mass is 16.5. The zero-order chi connectivity index (χ0) is 14.0. The zero-order valence-corrected chi connectivity index (χ0v) is 11.8. The monoisotopic (exact) mass is 259 g/mol. The van der Waals surface area contributed by atoms with Crippen LogP contribution in [0.2, 0.25) is 0 Å². The normalized spacial score (nSPS) is 11.4. The van der Waals surface area contributed by atoms with E-state index in [4.69, 9.17) is 4.74 Å². The molecule has 0 atom stereocenters. The molecule has 0 radical (unpaired) electrons. The highest BCUT2D eigenvalue weighted by Crippen LogP contribution is 2.31. The van der Waals surface area contributed by atoms with E-state index in [-0.39, 0.29) is 5.76 Å². The van der Waals surface area contributed by atoms with Gasteiger partial charge in [-0.2, -0.15) is 0 Å². The highest BCUT2D eigenvalue weighted by molar-refractivity contribution is 5.93. The number of hydrogen-bond donors (Lipinski definition) is 1. The van der Waals surface area contributed by atoms with Gasteiger partial charge >= 0.3 is 0 Å². The van der Waals surface area contributed by atoms with Gasteiger partial charge in [-0.15, -0.1) is 0 Å². The van der Waals surface area contributed by atoms with E-state index in [1.807, 2.05) is 18.3 Å². The van der Waals surface area contributed by atoms with Crippen molar-refractivity contribution in [3.63, 3.8) is 0 Å². The summed E-state index contributed by atoms with van der Waals surface area (Å²) in [6.07, 6.45) is 1.96. The predicted molar refractivity (Wildman–Crippen MR) is 79.6 cm³/mol. The van der Waals surface area contributed by atoms with E-state index < -0.39 is 0 Å². The third-order valence-corrected chi connectivity index (χ3v) is 3.40. The van der Waals surface area contributed by atoms with Crippen LogP contribution in [0.4, 0.5) is 0 Å². The van der Waals surface area contributed by atoms with Crippen LogP contribution < -0.4 is 0 Å². The summed E-state index contributed by atoms with van der Waals surface area (Å²) in [4.78, 5) is 0. The van der Waals surface area contributed by atoms with E-state index in [2.05, 4.69) is 31.1 Å². The fourth-order valence-electron chi connectivity index (χ4n) is 2.45. The number of benzene rings is 1. The quantitative estimate of drug-likeness (QED) is 0.825. The fourth-order valence-corrected chi connectivity index (χ4v) is 2.45. The molecule has 1 heterocycles. The summed E-state index contributed by atoms with van der Waals surface area (Å²) in [5.41, 5.74) is 3.24. The smallest absolute Gasteiger partial charge is 0.117 e. The summed E-state index contributed by atoms with van der Waals surface area (Å²) >= 11 is 0. The summed E-state index contributed by atoms with van der Waals surface area (Å²) < 4.78 is 7.30. The Morgan fingerprint density at radius 2 is 2.16 bits per heavy atom. The maximum Gasteiger partial charge on any atom is 0.117 e. The number of aliphatic hydroxyl groups is 1. The number of aliphatic hydroxyl groups excluding tert-OH is 1. The molecule has 0 saturated carbocycles. The maximum absolute atomic E-state index is 9.75. The molecule has 0 aliphatic carbocycles. The second-order valence-electron chi connectivity index (χ2n) is 5.07. The van der Waals surface area contributed by atoms with Gasteiger partial charge in [0.2, 0.25) is 0 Å². The molecule has 0 unspecified atom stereocenters. The molecule has 0 fully saturated rings. The summed E-state index contributed by atoms with van der Waals surface area (Å²) in [6.45, 7) is 9.42. The van der Waals surface area contributed by atoms with Crippen molar-refractivity contribution >= 4 is 16.7 Å². The Morgan fingerprint density at radius 1 is 1.42 bits per heavy atom. The number of nitrogens with zero attached hydrogens (tertiary/aromatic N) is 1. The summed E-state index contributed by atoms with van der Waals surface area (Å²) in [7, 11) is 1.70. The number of para-hydroxylation sites is 1. The summed E-state index contributed by atoms with van der Waals surface area (Å²) in [5, 5.41) is 10.8. The lowest BCUT2D eigenvalue weighted by Crippen LogP contribution is -2.04. The van der Waals surface area contributed by atoms with Crippen LogP contribution in [-0.4, -0.2) is 23.4 Å². The molecule has 1 aromatic heterocycles. The molecule has 0 saturated heterocycles. The molecule has 0 bridgehead atoms. The Morgan fingerprint density at radius 3 is 2.74 bits per heavy atom. The standard InChI is InChI=1S/C16H21NO2/c1-11(2)13-6-5-7-14-15(12(3)18)10-17(16(13)14)8-9-19-4/h5-7,10-11,18H,3,8-9H2,1-2,4H3. The van der Waals surface area contributed by atoms with Crippen molar-refractivity contribution in [2.45, 2.75) is 26.3 Å². The first-order valence-electron chi connectivity index (χ1n) is 6.55.